The van der Waals surface area contributed by atoms with Gasteiger partial charge in [-0.05, 0) is 38.1 Å². The fourth-order valence-corrected chi connectivity index (χ4v) is 3.15. The van der Waals surface area contributed by atoms with Crippen molar-refractivity contribution in [2.45, 2.75) is 13.8 Å². The molecule has 28 heavy (non-hydrogen) atoms. The fraction of sp³-hybridized carbons (Fsp3) is 0.182. The molecule has 0 N–H and O–H groups in total. The van der Waals surface area contributed by atoms with Crippen LogP contribution in [-0.2, 0) is 14.3 Å². The number of benzene rings is 2. The van der Waals surface area contributed by atoms with Gasteiger partial charge in [0, 0.05) is 11.3 Å². The molecule has 2 aromatic rings. The van der Waals surface area contributed by atoms with E-state index in [9.17, 15) is 14.0 Å². The third-order valence-corrected chi connectivity index (χ3v) is 4.40. The monoisotopic (exact) mass is 381 g/mol. The zero-order valence-corrected chi connectivity index (χ0v) is 15.9. The summed E-state index contributed by atoms with van der Waals surface area (Å²) < 4.78 is 24.8. The van der Waals surface area contributed by atoms with Gasteiger partial charge in [0.25, 0.3) is 5.91 Å². The van der Waals surface area contributed by atoms with Crippen molar-refractivity contribution in [3.05, 3.63) is 76.8 Å². The van der Waals surface area contributed by atoms with E-state index in [1.165, 1.54) is 30.2 Å². The summed E-state index contributed by atoms with van der Waals surface area (Å²) in [5, 5.41) is 0. The van der Waals surface area contributed by atoms with Crippen LogP contribution in [0.5, 0.6) is 5.75 Å². The van der Waals surface area contributed by atoms with Crippen molar-refractivity contribution in [3.8, 4) is 5.75 Å². The lowest BCUT2D eigenvalue weighted by atomic mass is 10.0. The van der Waals surface area contributed by atoms with Crippen molar-refractivity contribution in [1.82, 2.24) is 0 Å². The van der Waals surface area contributed by atoms with Crippen molar-refractivity contribution in [1.29, 1.82) is 0 Å². The number of allylic oxidation sites excluding steroid dienone is 1. The first-order valence-corrected chi connectivity index (χ1v) is 8.81. The molecule has 0 saturated heterocycles. The molecule has 6 heteroatoms. The quantitative estimate of drug-likeness (QED) is 0.578. The Bertz CT molecular complexity index is 994. The Kier molecular flexibility index (Phi) is 5.59. The van der Waals surface area contributed by atoms with E-state index >= 15 is 0 Å². The average Bonchev–Trinajstić information content (AvgIpc) is 2.93. The second-order valence-electron chi connectivity index (χ2n) is 6.07. The molecule has 0 saturated carbocycles. The Hall–Kier alpha value is -3.41. The number of amides is 1. The molecule has 0 aliphatic carbocycles. The van der Waals surface area contributed by atoms with E-state index < -0.39 is 17.7 Å². The molecule has 3 rings (SSSR count). The summed E-state index contributed by atoms with van der Waals surface area (Å²) in [6, 6.07) is 13.1. The number of ether oxygens (including phenoxy) is 2. The maximum Gasteiger partial charge on any atom is 0.340 e. The molecule has 1 heterocycles. The summed E-state index contributed by atoms with van der Waals surface area (Å²) in [7, 11) is 1.24. The minimum Gasteiger partial charge on any atom is -0.493 e. The highest BCUT2D eigenvalue weighted by Crippen LogP contribution is 2.37. The van der Waals surface area contributed by atoms with Crippen molar-refractivity contribution >= 4 is 23.6 Å². The van der Waals surface area contributed by atoms with Gasteiger partial charge in [-0.15, -0.1) is 0 Å². The van der Waals surface area contributed by atoms with Gasteiger partial charge >= 0.3 is 5.97 Å². The van der Waals surface area contributed by atoms with Crippen LogP contribution in [0.1, 0.15) is 19.4 Å². The van der Waals surface area contributed by atoms with Crippen LogP contribution in [0, 0.1) is 5.82 Å². The largest absolute Gasteiger partial charge is 0.493 e. The van der Waals surface area contributed by atoms with Crippen molar-refractivity contribution in [3.63, 3.8) is 0 Å². The summed E-state index contributed by atoms with van der Waals surface area (Å²) >= 11 is 0. The number of hydrogen-bond donors (Lipinski definition) is 0. The number of nitrogens with zero attached hydrogens (tertiary/aromatic N) is 1. The molecule has 0 atom stereocenters. The summed E-state index contributed by atoms with van der Waals surface area (Å²) in [6.45, 7) is 3.90. The zero-order chi connectivity index (χ0) is 20.3. The lowest BCUT2D eigenvalue weighted by Gasteiger charge is -2.18. The normalized spacial score (nSPS) is 15.4. The Morgan fingerprint density at radius 3 is 2.50 bits per heavy atom. The van der Waals surface area contributed by atoms with Crippen LogP contribution < -0.4 is 9.64 Å². The molecule has 0 unspecified atom stereocenters. The lowest BCUT2D eigenvalue weighted by molar-refractivity contribution is -0.136. The van der Waals surface area contributed by atoms with Gasteiger partial charge in [0.1, 0.15) is 11.6 Å². The summed E-state index contributed by atoms with van der Waals surface area (Å²) in [4.78, 5) is 26.8. The third kappa shape index (κ3) is 3.41. The molecular formula is C22H20FNO4. The number of anilines is 1. The van der Waals surface area contributed by atoms with Gasteiger partial charge < -0.3 is 9.47 Å². The van der Waals surface area contributed by atoms with E-state index in [-0.39, 0.29) is 16.8 Å². The van der Waals surface area contributed by atoms with Gasteiger partial charge in [-0.25, -0.2) is 9.18 Å². The molecule has 0 radical (unpaired) electrons. The molecule has 0 bridgehead atoms. The van der Waals surface area contributed by atoms with E-state index in [4.69, 9.17) is 9.47 Å². The van der Waals surface area contributed by atoms with Gasteiger partial charge in [0.2, 0.25) is 0 Å². The molecule has 1 amide bonds. The predicted molar refractivity (Wildman–Crippen MR) is 104 cm³/mol. The van der Waals surface area contributed by atoms with E-state index in [0.29, 0.717) is 23.6 Å². The van der Waals surface area contributed by atoms with E-state index in [2.05, 4.69) is 0 Å². The van der Waals surface area contributed by atoms with Crippen LogP contribution in [0.3, 0.4) is 0 Å². The van der Waals surface area contributed by atoms with Gasteiger partial charge in [-0.2, -0.15) is 0 Å². The maximum absolute atomic E-state index is 14.3. The summed E-state index contributed by atoms with van der Waals surface area (Å²) in [6.07, 6.45) is 1.57. The standard InChI is InChI=1S/C22H20FNO4/c1-4-28-19-12-8-5-9-15(19)13-16-20(22(26)27-3)14(2)24(21(16)25)18-11-7-6-10-17(18)23/h5-13H,4H2,1-3H3. The molecule has 5 nitrogen and oxygen atoms in total. The lowest BCUT2D eigenvalue weighted by Crippen LogP contribution is -2.25. The molecule has 1 aliphatic rings. The zero-order valence-electron chi connectivity index (χ0n) is 15.9. The number of esters is 1. The number of hydrogen-bond acceptors (Lipinski definition) is 4. The summed E-state index contributed by atoms with van der Waals surface area (Å²) in [5.74, 6) is -1.15. The molecule has 144 valence electrons. The fourth-order valence-electron chi connectivity index (χ4n) is 3.15. The number of carbonyl (C=O) groups is 2. The highest BCUT2D eigenvalue weighted by Gasteiger charge is 2.38. The molecule has 0 aromatic heterocycles. The highest BCUT2D eigenvalue weighted by molar-refractivity contribution is 6.24. The average molecular weight is 381 g/mol. The third-order valence-electron chi connectivity index (χ3n) is 4.40. The van der Waals surface area contributed by atoms with E-state index in [1.807, 2.05) is 13.0 Å². The van der Waals surface area contributed by atoms with E-state index in [1.54, 1.807) is 37.3 Å². The van der Waals surface area contributed by atoms with Crippen molar-refractivity contribution < 1.29 is 23.5 Å². The van der Waals surface area contributed by atoms with Gasteiger partial charge in [-0.3, -0.25) is 9.69 Å². The van der Waals surface area contributed by atoms with Crippen LogP contribution in [0.25, 0.3) is 6.08 Å². The predicted octanol–water partition coefficient (Wildman–Crippen LogP) is 4.10. The Morgan fingerprint density at radius 2 is 1.82 bits per heavy atom. The number of methoxy groups -OCH3 is 1. The SMILES string of the molecule is CCOc1ccccc1C=C1C(=O)N(c2ccccc2F)C(C)=C1C(=O)OC. The minimum absolute atomic E-state index is 0.0768. The number of carbonyl (C=O) groups excluding carboxylic acids is 2. The molecule has 1 aliphatic heterocycles. The first-order chi connectivity index (χ1) is 13.5. The first kappa shape index (κ1) is 19.4. The molecule has 0 fully saturated rings. The number of rotatable bonds is 5. The molecule has 0 spiro atoms. The van der Waals surface area contributed by atoms with Crippen LogP contribution in [0.15, 0.2) is 65.4 Å². The Morgan fingerprint density at radius 1 is 1.14 bits per heavy atom. The maximum atomic E-state index is 14.3. The minimum atomic E-state index is -0.662. The topological polar surface area (TPSA) is 55.8 Å². The van der Waals surface area contributed by atoms with Crippen LogP contribution in [0.2, 0.25) is 0 Å². The van der Waals surface area contributed by atoms with Crippen LogP contribution >= 0.6 is 0 Å². The number of halogens is 1. The van der Waals surface area contributed by atoms with Crippen LogP contribution in [0.4, 0.5) is 10.1 Å². The van der Waals surface area contributed by atoms with E-state index in [0.717, 1.165) is 0 Å². The van der Waals surface area contributed by atoms with Crippen LogP contribution in [-0.4, -0.2) is 25.6 Å². The van der Waals surface area contributed by atoms with Crippen molar-refractivity contribution in [2.24, 2.45) is 0 Å². The molecular weight excluding hydrogens is 361 g/mol. The second kappa shape index (κ2) is 8.08. The smallest absolute Gasteiger partial charge is 0.340 e. The molecule has 2 aromatic carbocycles. The number of para-hydroxylation sites is 2. The van der Waals surface area contributed by atoms with Gasteiger partial charge in [-0.1, -0.05) is 30.3 Å². The second-order valence-corrected chi connectivity index (χ2v) is 6.07. The first-order valence-electron chi connectivity index (χ1n) is 8.81. The Labute approximate surface area is 162 Å². The Balaban J connectivity index is 2.17. The van der Waals surface area contributed by atoms with Gasteiger partial charge in [0.15, 0.2) is 0 Å². The summed E-state index contributed by atoms with van der Waals surface area (Å²) in [5.41, 5.74) is 1.24. The van der Waals surface area contributed by atoms with Gasteiger partial charge in [0.05, 0.1) is 30.6 Å². The van der Waals surface area contributed by atoms with Crippen molar-refractivity contribution in [2.75, 3.05) is 18.6 Å². The highest BCUT2D eigenvalue weighted by atomic mass is 19.1.